The quantitative estimate of drug-likeness (QED) is 0.0172. The van der Waals surface area contributed by atoms with Crippen molar-refractivity contribution >= 4 is 16.3 Å². The third kappa shape index (κ3) is 38.9. The summed E-state index contributed by atoms with van der Waals surface area (Å²) in [6.07, 6.45) is 45.6. The average Bonchev–Trinajstić information content (AvgIpc) is 3.35. The van der Waals surface area contributed by atoms with Crippen LogP contribution in [0.3, 0.4) is 0 Å². The molecule has 1 amide bonds. The molecule has 13 nitrogen and oxygen atoms in total. The van der Waals surface area contributed by atoms with Gasteiger partial charge in [-0.05, 0) is 38.5 Å². The summed E-state index contributed by atoms with van der Waals surface area (Å²) < 4.78 is 47.3. The van der Waals surface area contributed by atoms with Gasteiger partial charge in [0.1, 0.15) is 30.5 Å². The van der Waals surface area contributed by atoms with Crippen LogP contribution < -0.4 is 5.32 Å². The lowest BCUT2D eigenvalue weighted by Gasteiger charge is -2.41. The third-order valence-electron chi connectivity index (χ3n) is 14.4. The lowest BCUT2D eigenvalue weighted by molar-refractivity contribution is -0.298. The summed E-state index contributed by atoms with van der Waals surface area (Å²) in [5, 5.41) is 54.9. The highest BCUT2D eigenvalue weighted by Crippen LogP contribution is 2.26. The van der Waals surface area contributed by atoms with E-state index in [9.17, 15) is 38.7 Å². The number of ether oxygens (including phenoxy) is 2. The maximum Gasteiger partial charge on any atom is 0.397 e. The minimum Gasteiger partial charge on any atom is -0.394 e. The first-order chi connectivity index (χ1) is 34.4. The van der Waals surface area contributed by atoms with E-state index in [2.05, 4.69) is 35.5 Å². The molecule has 0 aliphatic carbocycles. The predicted octanol–water partition coefficient (Wildman–Crippen LogP) is 12.8. The second-order valence-electron chi connectivity index (χ2n) is 21.1. The van der Waals surface area contributed by atoms with Gasteiger partial charge in [0.15, 0.2) is 6.29 Å². The Morgan fingerprint density at radius 1 is 0.549 bits per heavy atom. The molecule has 71 heavy (non-hydrogen) atoms. The summed E-state index contributed by atoms with van der Waals surface area (Å²) in [5.41, 5.74) is 0. The van der Waals surface area contributed by atoms with Crippen LogP contribution >= 0.6 is 0 Å². The zero-order chi connectivity index (χ0) is 52.1. The van der Waals surface area contributed by atoms with E-state index in [0.717, 1.165) is 38.5 Å². The van der Waals surface area contributed by atoms with Gasteiger partial charge in [0.25, 0.3) is 0 Å². The standard InChI is InChI=1S/C57H111NO12S/c1-3-5-7-9-10-11-12-13-14-15-16-17-18-19-20-21-22-23-24-25-26-27-28-29-30-31-32-33-34-35-36-37-38-39-40-41-42-44-46-51(61)56(64)58-49(50(60)45-43-8-6-4-2)48-68-57-54(63)55(70-71(65,66)67)53(62)52(47-59)69-57/h25-26,49-55,57,59-63H,3-24,27-48H2,1-2H3,(H,58,64)(H,65,66,67)/b26-25-. The van der Waals surface area contributed by atoms with Crippen LogP contribution in [0.5, 0.6) is 0 Å². The molecule has 8 unspecified atom stereocenters. The number of nitrogens with one attached hydrogen (secondary N) is 1. The Labute approximate surface area is 434 Å². The number of hydrogen-bond acceptors (Lipinski definition) is 11. The van der Waals surface area contributed by atoms with Gasteiger partial charge >= 0.3 is 10.4 Å². The highest BCUT2D eigenvalue weighted by molar-refractivity contribution is 7.80. The molecule has 0 aromatic carbocycles. The zero-order valence-corrected chi connectivity index (χ0v) is 46.2. The maximum absolute atomic E-state index is 13.0. The van der Waals surface area contributed by atoms with Crippen LogP contribution in [-0.4, -0.2) is 107 Å². The number of hydrogen-bond donors (Lipinski definition) is 7. The van der Waals surface area contributed by atoms with Crippen molar-refractivity contribution in [2.75, 3.05) is 13.2 Å². The molecule has 0 bridgehead atoms. The number of carbonyl (C=O) groups excluding carboxylic acids is 1. The molecule has 1 saturated heterocycles. The SMILES string of the molecule is CCCCCCCCCCCCCCCCCCCC/C=C\CCCCCCCCCCCCCCCCCCC(O)C(=O)NC(COC1OC(CO)C(O)C(OS(=O)(=O)O)C1O)C(O)CCCCCC. The first-order valence-electron chi connectivity index (χ1n) is 29.7. The van der Waals surface area contributed by atoms with E-state index in [4.69, 9.17) is 14.0 Å². The molecule has 1 heterocycles. The molecular weight excluding hydrogens is 923 g/mol. The number of rotatable bonds is 52. The van der Waals surface area contributed by atoms with Gasteiger partial charge in [0, 0.05) is 0 Å². The minimum absolute atomic E-state index is 0.262. The predicted molar refractivity (Wildman–Crippen MR) is 288 cm³/mol. The smallest absolute Gasteiger partial charge is 0.394 e. The number of aliphatic hydroxyl groups is 5. The van der Waals surface area contributed by atoms with Gasteiger partial charge < -0.3 is 40.3 Å². The molecule has 1 fully saturated rings. The number of carbonyl (C=O) groups is 1. The Morgan fingerprint density at radius 2 is 0.901 bits per heavy atom. The van der Waals surface area contributed by atoms with Gasteiger partial charge in [-0.15, -0.1) is 0 Å². The topological polar surface area (TPSA) is 212 Å². The summed E-state index contributed by atoms with van der Waals surface area (Å²) in [7, 11) is -5.10. The van der Waals surface area contributed by atoms with Crippen LogP contribution in [0, 0.1) is 0 Å². The Hall–Kier alpha value is -1.20. The summed E-state index contributed by atoms with van der Waals surface area (Å²) in [6.45, 7) is 3.15. The third-order valence-corrected chi connectivity index (χ3v) is 14.9. The van der Waals surface area contributed by atoms with E-state index >= 15 is 0 Å². The van der Waals surface area contributed by atoms with E-state index in [1.165, 1.54) is 205 Å². The molecule has 7 N–H and O–H groups in total. The molecule has 0 aromatic rings. The van der Waals surface area contributed by atoms with Crippen LogP contribution in [-0.2, 0) is 28.9 Å². The van der Waals surface area contributed by atoms with Crippen LogP contribution in [0.2, 0.25) is 0 Å². The Kier molecular flexibility index (Phi) is 45.1. The van der Waals surface area contributed by atoms with Gasteiger partial charge in [0.2, 0.25) is 5.91 Å². The molecular formula is C57H111NO12S. The Bertz CT molecular complexity index is 1320. The molecule has 1 aliphatic heterocycles. The first kappa shape index (κ1) is 67.8. The molecule has 0 saturated carbocycles. The van der Waals surface area contributed by atoms with Gasteiger partial charge in [0.05, 0.1) is 25.4 Å². The van der Waals surface area contributed by atoms with E-state index < -0.39 is 78.5 Å². The van der Waals surface area contributed by atoms with Crippen molar-refractivity contribution in [2.45, 2.75) is 332 Å². The second kappa shape index (κ2) is 47.3. The van der Waals surface area contributed by atoms with Crippen LogP contribution in [0.15, 0.2) is 12.2 Å². The largest absolute Gasteiger partial charge is 0.397 e. The van der Waals surface area contributed by atoms with Crippen molar-refractivity contribution < 1.29 is 57.0 Å². The van der Waals surface area contributed by atoms with E-state index in [1.807, 2.05) is 0 Å². The molecule has 14 heteroatoms. The lowest BCUT2D eigenvalue weighted by atomic mass is 9.99. The molecule has 0 radical (unpaired) electrons. The van der Waals surface area contributed by atoms with Crippen molar-refractivity contribution in [1.82, 2.24) is 5.32 Å². The highest BCUT2D eigenvalue weighted by atomic mass is 32.3. The van der Waals surface area contributed by atoms with Gasteiger partial charge in [-0.3, -0.25) is 9.35 Å². The van der Waals surface area contributed by atoms with E-state index in [1.54, 1.807) is 0 Å². The van der Waals surface area contributed by atoms with Crippen LogP contribution in [0.25, 0.3) is 0 Å². The van der Waals surface area contributed by atoms with Crippen molar-refractivity contribution in [3.63, 3.8) is 0 Å². The van der Waals surface area contributed by atoms with Crippen molar-refractivity contribution in [2.24, 2.45) is 0 Å². The van der Waals surface area contributed by atoms with E-state index in [-0.39, 0.29) is 6.42 Å². The van der Waals surface area contributed by atoms with Crippen molar-refractivity contribution in [3.8, 4) is 0 Å². The number of allylic oxidation sites excluding steroid dienone is 2. The number of aliphatic hydroxyl groups excluding tert-OH is 5. The number of amides is 1. The van der Waals surface area contributed by atoms with Gasteiger partial charge in [-0.1, -0.05) is 257 Å². The second-order valence-corrected chi connectivity index (χ2v) is 22.1. The van der Waals surface area contributed by atoms with Gasteiger partial charge in [-0.2, -0.15) is 8.42 Å². The van der Waals surface area contributed by atoms with Crippen LogP contribution in [0.4, 0.5) is 0 Å². The Morgan fingerprint density at radius 3 is 1.28 bits per heavy atom. The Balaban J connectivity index is 2.03. The fourth-order valence-electron chi connectivity index (χ4n) is 9.76. The van der Waals surface area contributed by atoms with Gasteiger partial charge in [-0.25, -0.2) is 4.18 Å². The normalized spacial score (nSPS) is 19.9. The zero-order valence-electron chi connectivity index (χ0n) is 45.4. The molecule has 0 spiro atoms. The fraction of sp³-hybridized carbons (Fsp3) is 0.947. The first-order valence-corrected chi connectivity index (χ1v) is 31.0. The van der Waals surface area contributed by atoms with E-state index in [0.29, 0.717) is 19.3 Å². The maximum atomic E-state index is 13.0. The number of unbranched alkanes of at least 4 members (excludes halogenated alkanes) is 37. The minimum atomic E-state index is -5.10. The highest BCUT2D eigenvalue weighted by Gasteiger charge is 2.48. The monoisotopic (exact) mass is 1030 g/mol. The summed E-state index contributed by atoms with van der Waals surface area (Å²) in [4.78, 5) is 13.0. The summed E-state index contributed by atoms with van der Waals surface area (Å²) >= 11 is 0. The molecule has 1 rings (SSSR count). The molecule has 422 valence electrons. The average molecular weight is 1030 g/mol. The fourth-order valence-corrected chi connectivity index (χ4v) is 10.3. The molecule has 1 aliphatic rings. The lowest BCUT2D eigenvalue weighted by Crippen LogP contribution is -2.61. The molecule has 8 atom stereocenters. The van der Waals surface area contributed by atoms with Crippen LogP contribution in [0.1, 0.15) is 284 Å². The summed E-state index contributed by atoms with van der Waals surface area (Å²) in [6, 6.07) is -1.03. The van der Waals surface area contributed by atoms with Crippen molar-refractivity contribution in [1.29, 1.82) is 0 Å². The molecule has 0 aromatic heterocycles. The summed E-state index contributed by atoms with van der Waals surface area (Å²) in [5.74, 6) is -0.674. The van der Waals surface area contributed by atoms with Crippen molar-refractivity contribution in [3.05, 3.63) is 12.2 Å².